The van der Waals surface area contributed by atoms with Gasteiger partial charge in [-0.2, -0.15) is 4.31 Å². The van der Waals surface area contributed by atoms with Crippen LogP contribution in [-0.4, -0.2) is 76.9 Å². The summed E-state index contributed by atoms with van der Waals surface area (Å²) in [6.45, 7) is 7.08. The summed E-state index contributed by atoms with van der Waals surface area (Å²) in [7, 11) is -3.25. The van der Waals surface area contributed by atoms with Crippen molar-refractivity contribution in [3.63, 3.8) is 0 Å². The predicted molar refractivity (Wildman–Crippen MR) is 103 cm³/mol. The molecule has 2 saturated heterocycles. The Hall–Kier alpha value is -1.29. The number of nitrogens with zero attached hydrogens (tertiary/aromatic N) is 4. The molecule has 0 saturated carbocycles. The van der Waals surface area contributed by atoms with Crippen molar-refractivity contribution in [3.05, 3.63) is 27.9 Å². The van der Waals surface area contributed by atoms with E-state index < -0.39 is 15.6 Å². The highest BCUT2D eigenvalue weighted by molar-refractivity contribution is 7.88. The first-order chi connectivity index (χ1) is 12.6. The number of aromatic nitrogens is 2. The molecule has 2 aliphatic rings. The maximum atomic E-state index is 12.3. The zero-order chi connectivity index (χ0) is 19.8. The van der Waals surface area contributed by atoms with Gasteiger partial charge in [-0.15, -0.1) is 0 Å². The fraction of sp³-hybridized carbons (Fsp3) is 0.778. The second-order valence-corrected chi connectivity index (χ2v) is 10.2. The topological polar surface area (TPSA) is 95.7 Å². The van der Waals surface area contributed by atoms with Gasteiger partial charge in [0.1, 0.15) is 0 Å². The third kappa shape index (κ3) is 4.77. The molecule has 3 heterocycles. The molecule has 0 spiro atoms. The summed E-state index contributed by atoms with van der Waals surface area (Å²) in [4.78, 5) is 18.8. The van der Waals surface area contributed by atoms with Crippen LogP contribution in [-0.2, 0) is 16.6 Å². The van der Waals surface area contributed by atoms with Crippen LogP contribution in [0.5, 0.6) is 0 Å². The molecule has 8 nitrogen and oxygen atoms in total. The normalized spacial score (nSPS) is 25.9. The van der Waals surface area contributed by atoms with Crippen LogP contribution < -0.4 is 5.56 Å². The molecular weight excluding hydrogens is 368 g/mol. The lowest BCUT2D eigenvalue weighted by atomic mass is 9.94. The van der Waals surface area contributed by atoms with Crippen LogP contribution in [0.15, 0.2) is 11.1 Å². The van der Waals surface area contributed by atoms with E-state index in [1.165, 1.54) is 10.6 Å². The van der Waals surface area contributed by atoms with E-state index in [1.807, 2.05) is 13.8 Å². The summed E-state index contributed by atoms with van der Waals surface area (Å²) < 4.78 is 26.4. The second kappa shape index (κ2) is 7.62. The molecular formula is C18H30N4O4S. The maximum absolute atomic E-state index is 12.3. The molecule has 2 aliphatic heterocycles. The highest BCUT2D eigenvalue weighted by Gasteiger charge is 2.41. The average molecular weight is 399 g/mol. The van der Waals surface area contributed by atoms with Crippen LogP contribution in [0, 0.1) is 19.8 Å². The molecule has 1 atom stereocenters. The molecule has 0 aromatic carbocycles. The molecule has 0 aliphatic carbocycles. The van der Waals surface area contributed by atoms with Crippen molar-refractivity contribution in [2.75, 3.05) is 39.0 Å². The minimum absolute atomic E-state index is 0.0334. The first kappa shape index (κ1) is 20.4. The monoisotopic (exact) mass is 398 g/mol. The van der Waals surface area contributed by atoms with Crippen molar-refractivity contribution in [1.82, 2.24) is 18.8 Å². The quantitative estimate of drug-likeness (QED) is 0.748. The van der Waals surface area contributed by atoms with Gasteiger partial charge in [-0.1, -0.05) is 0 Å². The van der Waals surface area contributed by atoms with Crippen LogP contribution in [0.1, 0.15) is 30.5 Å². The van der Waals surface area contributed by atoms with Crippen molar-refractivity contribution in [1.29, 1.82) is 0 Å². The lowest BCUT2D eigenvalue weighted by molar-refractivity contribution is 0.00600. The summed E-state index contributed by atoms with van der Waals surface area (Å²) in [5.74, 6) is 0.411. The van der Waals surface area contributed by atoms with Crippen LogP contribution in [0.2, 0.25) is 0 Å². The number of β-amino-alcohol motifs (C(OH)–C–C–N with tert-alkyl or cyclic N) is 1. The minimum atomic E-state index is -3.25. The predicted octanol–water partition coefficient (Wildman–Crippen LogP) is -0.0315. The number of piperidine rings is 1. The number of aliphatic hydroxyl groups is 1. The van der Waals surface area contributed by atoms with Gasteiger partial charge in [-0.05, 0) is 52.1 Å². The first-order valence-corrected chi connectivity index (χ1v) is 11.3. The second-order valence-electron chi connectivity index (χ2n) is 8.20. The van der Waals surface area contributed by atoms with E-state index in [0.29, 0.717) is 37.5 Å². The van der Waals surface area contributed by atoms with Gasteiger partial charge < -0.3 is 10.0 Å². The standard InChI is InChI=1S/C18H30N4O4S/c1-14-15(2)19-13-21(17(14)23)10-16-4-7-20(8-5-16)11-18(24)6-9-22(12-18)27(3,25)26/h13,16,24H,4-12H2,1-3H3. The molecule has 152 valence electrons. The number of hydrogen-bond acceptors (Lipinski definition) is 6. The lowest BCUT2D eigenvalue weighted by Crippen LogP contribution is -2.48. The molecule has 3 rings (SSSR count). The zero-order valence-electron chi connectivity index (χ0n) is 16.4. The van der Waals surface area contributed by atoms with E-state index in [9.17, 15) is 18.3 Å². The molecule has 1 aromatic heterocycles. The molecule has 1 unspecified atom stereocenters. The SMILES string of the molecule is Cc1ncn(CC2CCN(CC3(O)CCN(S(C)(=O)=O)C3)CC2)c(=O)c1C. The maximum Gasteiger partial charge on any atom is 0.256 e. The Labute approximate surface area is 160 Å². The first-order valence-electron chi connectivity index (χ1n) is 9.50. The smallest absolute Gasteiger partial charge is 0.256 e. The average Bonchev–Trinajstić information content (AvgIpc) is 2.99. The molecule has 1 N–H and O–H groups in total. The Kier molecular flexibility index (Phi) is 5.77. The Morgan fingerprint density at radius 3 is 2.52 bits per heavy atom. The number of rotatable bonds is 5. The molecule has 0 amide bonds. The highest BCUT2D eigenvalue weighted by atomic mass is 32.2. The number of likely N-dealkylation sites (tertiary alicyclic amines) is 1. The Morgan fingerprint density at radius 1 is 1.26 bits per heavy atom. The Bertz CT molecular complexity index is 845. The third-order valence-electron chi connectivity index (χ3n) is 5.96. The van der Waals surface area contributed by atoms with Crippen molar-refractivity contribution >= 4 is 10.0 Å². The number of hydrogen-bond donors (Lipinski definition) is 1. The summed E-state index contributed by atoms with van der Waals surface area (Å²) in [5, 5.41) is 10.8. The van der Waals surface area contributed by atoms with Crippen molar-refractivity contribution in [2.24, 2.45) is 5.92 Å². The van der Waals surface area contributed by atoms with Gasteiger partial charge in [0.15, 0.2) is 0 Å². The van der Waals surface area contributed by atoms with Gasteiger partial charge in [-0.3, -0.25) is 9.36 Å². The summed E-state index contributed by atoms with van der Waals surface area (Å²) >= 11 is 0. The summed E-state index contributed by atoms with van der Waals surface area (Å²) in [6.07, 6.45) is 5.20. The third-order valence-corrected chi connectivity index (χ3v) is 7.21. The molecule has 2 fully saturated rings. The van der Waals surface area contributed by atoms with Crippen molar-refractivity contribution in [2.45, 2.75) is 45.3 Å². The lowest BCUT2D eigenvalue weighted by Gasteiger charge is -2.36. The zero-order valence-corrected chi connectivity index (χ0v) is 17.2. The van der Waals surface area contributed by atoms with E-state index in [4.69, 9.17) is 0 Å². The van der Waals surface area contributed by atoms with E-state index in [-0.39, 0.29) is 12.1 Å². The molecule has 27 heavy (non-hydrogen) atoms. The van der Waals surface area contributed by atoms with Gasteiger partial charge in [0.25, 0.3) is 5.56 Å². The minimum Gasteiger partial charge on any atom is -0.387 e. The summed E-state index contributed by atoms with van der Waals surface area (Å²) in [6, 6.07) is 0. The van der Waals surface area contributed by atoms with Gasteiger partial charge >= 0.3 is 0 Å². The van der Waals surface area contributed by atoms with Gasteiger partial charge in [0.05, 0.1) is 18.2 Å². The fourth-order valence-electron chi connectivity index (χ4n) is 4.06. The largest absolute Gasteiger partial charge is 0.387 e. The molecule has 0 radical (unpaired) electrons. The van der Waals surface area contributed by atoms with Crippen LogP contribution in [0.4, 0.5) is 0 Å². The van der Waals surface area contributed by atoms with Crippen LogP contribution in [0.3, 0.4) is 0 Å². The van der Waals surface area contributed by atoms with Gasteiger partial charge in [0.2, 0.25) is 10.0 Å². The molecule has 9 heteroatoms. The van der Waals surface area contributed by atoms with Gasteiger partial charge in [0, 0.05) is 37.4 Å². The Morgan fingerprint density at radius 2 is 1.93 bits per heavy atom. The van der Waals surface area contributed by atoms with E-state index in [2.05, 4.69) is 9.88 Å². The fourth-order valence-corrected chi connectivity index (χ4v) is 4.96. The van der Waals surface area contributed by atoms with E-state index in [1.54, 1.807) is 10.9 Å². The summed E-state index contributed by atoms with van der Waals surface area (Å²) in [5.41, 5.74) is 0.545. The molecule has 1 aromatic rings. The van der Waals surface area contributed by atoms with Crippen LogP contribution >= 0.6 is 0 Å². The van der Waals surface area contributed by atoms with Crippen molar-refractivity contribution in [3.8, 4) is 0 Å². The highest BCUT2D eigenvalue weighted by Crippen LogP contribution is 2.27. The van der Waals surface area contributed by atoms with E-state index >= 15 is 0 Å². The Balaban J connectivity index is 1.52. The number of aryl methyl sites for hydroxylation is 1. The molecule has 0 bridgehead atoms. The van der Waals surface area contributed by atoms with E-state index in [0.717, 1.165) is 31.6 Å². The van der Waals surface area contributed by atoms with Crippen LogP contribution in [0.25, 0.3) is 0 Å². The van der Waals surface area contributed by atoms with Crippen molar-refractivity contribution < 1.29 is 13.5 Å². The number of sulfonamides is 1. The van der Waals surface area contributed by atoms with Gasteiger partial charge in [-0.25, -0.2) is 13.4 Å².